The maximum atomic E-state index is 14.0. The van der Waals surface area contributed by atoms with Gasteiger partial charge >= 0.3 is 0 Å². The third kappa shape index (κ3) is 3.95. The van der Waals surface area contributed by atoms with Crippen molar-refractivity contribution in [2.75, 3.05) is 36.9 Å². The Morgan fingerprint density at radius 2 is 2.18 bits per heavy atom. The Labute approximate surface area is 163 Å². The van der Waals surface area contributed by atoms with Gasteiger partial charge in [0.25, 0.3) is 0 Å². The molecule has 0 spiro atoms. The standard InChI is InChI=1S/C20H23FN6O/c1-22-20-25-10-17(21)19(26-20)27-11-15-14(16(15)12-27)6-8-24-18(28)5-4-13-3-2-7-23-9-13/h2-5,7,9-10,14-16H,6,8,11-12H2,1H3,(H,24,28)(H,22,25,26)/b5-4+. The largest absolute Gasteiger partial charge is 0.357 e. The van der Waals surface area contributed by atoms with Crippen molar-refractivity contribution in [1.82, 2.24) is 20.3 Å². The van der Waals surface area contributed by atoms with Crippen molar-refractivity contribution in [2.24, 2.45) is 17.8 Å². The van der Waals surface area contributed by atoms with Crippen LogP contribution in [0.25, 0.3) is 6.08 Å². The molecule has 0 bridgehead atoms. The zero-order valence-electron chi connectivity index (χ0n) is 15.7. The van der Waals surface area contributed by atoms with Crippen LogP contribution in [0.15, 0.2) is 36.8 Å². The number of amides is 1. The normalized spacial score (nSPS) is 22.9. The number of anilines is 2. The number of hydrogen-bond donors (Lipinski definition) is 2. The van der Waals surface area contributed by atoms with Crippen molar-refractivity contribution in [3.05, 3.63) is 48.2 Å². The molecule has 2 fully saturated rings. The van der Waals surface area contributed by atoms with Crippen molar-refractivity contribution < 1.29 is 9.18 Å². The van der Waals surface area contributed by atoms with Crippen molar-refractivity contribution in [3.8, 4) is 0 Å². The summed E-state index contributed by atoms with van der Waals surface area (Å²) in [5.41, 5.74) is 0.896. The van der Waals surface area contributed by atoms with E-state index < -0.39 is 0 Å². The molecular weight excluding hydrogens is 359 g/mol. The highest BCUT2D eigenvalue weighted by Gasteiger charge is 2.55. The lowest BCUT2D eigenvalue weighted by Crippen LogP contribution is -2.28. The number of nitrogens with zero attached hydrogens (tertiary/aromatic N) is 4. The molecule has 2 atom stereocenters. The monoisotopic (exact) mass is 382 g/mol. The summed E-state index contributed by atoms with van der Waals surface area (Å²) in [4.78, 5) is 26.1. The maximum absolute atomic E-state index is 14.0. The number of aromatic nitrogens is 3. The van der Waals surface area contributed by atoms with Gasteiger partial charge in [-0.15, -0.1) is 0 Å². The summed E-state index contributed by atoms with van der Waals surface area (Å²) < 4.78 is 14.0. The Bertz CT molecular complexity index is 862. The van der Waals surface area contributed by atoms with Gasteiger partial charge in [0, 0.05) is 45.2 Å². The van der Waals surface area contributed by atoms with Gasteiger partial charge in [-0.25, -0.2) is 9.37 Å². The van der Waals surface area contributed by atoms with E-state index in [-0.39, 0.29) is 11.7 Å². The summed E-state index contributed by atoms with van der Waals surface area (Å²) in [6.45, 7) is 2.27. The van der Waals surface area contributed by atoms with Gasteiger partial charge in [-0.3, -0.25) is 9.78 Å². The van der Waals surface area contributed by atoms with E-state index >= 15 is 0 Å². The summed E-state index contributed by atoms with van der Waals surface area (Å²) in [6, 6.07) is 3.73. The Morgan fingerprint density at radius 3 is 2.89 bits per heavy atom. The summed E-state index contributed by atoms with van der Waals surface area (Å²) in [6.07, 6.45) is 8.85. The van der Waals surface area contributed by atoms with Crippen LogP contribution in [0.2, 0.25) is 0 Å². The Kier molecular flexibility index (Phi) is 5.18. The smallest absolute Gasteiger partial charge is 0.244 e. The molecule has 2 aromatic heterocycles. The number of hydrogen-bond acceptors (Lipinski definition) is 6. The maximum Gasteiger partial charge on any atom is 0.244 e. The van der Waals surface area contributed by atoms with Crippen molar-refractivity contribution in [2.45, 2.75) is 6.42 Å². The van der Waals surface area contributed by atoms with Crippen LogP contribution in [0.1, 0.15) is 12.0 Å². The molecule has 2 N–H and O–H groups in total. The van der Waals surface area contributed by atoms with E-state index in [1.165, 1.54) is 12.3 Å². The van der Waals surface area contributed by atoms with Gasteiger partial charge in [-0.1, -0.05) is 6.07 Å². The minimum Gasteiger partial charge on any atom is -0.357 e. The number of carbonyl (C=O) groups excluding carboxylic acids is 1. The van der Waals surface area contributed by atoms with Crippen LogP contribution in [0.3, 0.4) is 0 Å². The lowest BCUT2D eigenvalue weighted by atomic mass is 10.2. The average molecular weight is 382 g/mol. The molecule has 1 aliphatic heterocycles. The highest BCUT2D eigenvalue weighted by molar-refractivity contribution is 5.91. The second-order valence-corrected chi connectivity index (χ2v) is 7.21. The Morgan fingerprint density at radius 1 is 1.36 bits per heavy atom. The first-order chi connectivity index (χ1) is 13.7. The molecule has 0 aromatic carbocycles. The van der Waals surface area contributed by atoms with Gasteiger partial charge in [0.15, 0.2) is 11.6 Å². The van der Waals surface area contributed by atoms with Crippen molar-refractivity contribution in [3.63, 3.8) is 0 Å². The molecule has 1 saturated carbocycles. The number of piperidine rings is 1. The molecule has 2 aromatic rings. The molecule has 8 heteroatoms. The fourth-order valence-electron chi connectivity index (χ4n) is 4.02. The zero-order valence-corrected chi connectivity index (χ0v) is 15.7. The molecule has 1 saturated heterocycles. The van der Waals surface area contributed by atoms with Crippen LogP contribution < -0.4 is 15.5 Å². The molecule has 1 aliphatic carbocycles. The fraction of sp³-hybridized carbons (Fsp3) is 0.400. The molecule has 2 aliphatic rings. The van der Waals surface area contributed by atoms with Gasteiger partial charge < -0.3 is 15.5 Å². The van der Waals surface area contributed by atoms with E-state index in [1.807, 2.05) is 17.0 Å². The number of nitrogens with one attached hydrogen (secondary N) is 2. The van der Waals surface area contributed by atoms with E-state index in [1.54, 1.807) is 25.5 Å². The molecule has 7 nitrogen and oxygen atoms in total. The number of pyridine rings is 1. The lowest BCUT2D eigenvalue weighted by Gasteiger charge is -2.21. The highest BCUT2D eigenvalue weighted by Crippen LogP contribution is 2.54. The first kappa shape index (κ1) is 18.3. The van der Waals surface area contributed by atoms with E-state index in [9.17, 15) is 9.18 Å². The second kappa shape index (κ2) is 7.92. The highest BCUT2D eigenvalue weighted by atomic mass is 19.1. The van der Waals surface area contributed by atoms with Crippen LogP contribution in [0.5, 0.6) is 0 Å². The first-order valence-corrected chi connectivity index (χ1v) is 9.47. The predicted octanol–water partition coefficient (Wildman–Crippen LogP) is 1.95. The van der Waals surface area contributed by atoms with Gasteiger partial charge in [0.05, 0.1) is 6.20 Å². The Balaban J connectivity index is 1.21. The van der Waals surface area contributed by atoms with E-state index in [4.69, 9.17) is 0 Å². The molecule has 1 amide bonds. The molecular formula is C20H23FN6O. The SMILES string of the molecule is CNc1ncc(F)c(N2CC3C(CCNC(=O)/C=C/c4cccnc4)C3C2)n1. The van der Waals surface area contributed by atoms with Crippen LogP contribution in [0, 0.1) is 23.6 Å². The molecule has 146 valence electrons. The third-order valence-electron chi connectivity index (χ3n) is 5.51. The zero-order chi connectivity index (χ0) is 19.5. The predicted molar refractivity (Wildman–Crippen MR) is 105 cm³/mol. The van der Waals surface area contributed by atoms with E-state index in [0.29, 0.717) is 36.1 Å². The fourth-order valence-corrected chi connectivity index (χ4v) is 4.02. The average Bonchev–Trinajstić information content (AvgIpc) is 3.16. The van der Waals surface area contributed by atoms with Crippen LogP contribution in [-0.2, 0) is 4.79 Å². The molecule has 28 heavy (non-hydrogen) atoms. The van der Waals surface area contributed by atoms with E-state index in [2.05, 4.69) is 25.6 Å². The quantitative estimate of drug-likeness (QED) is 0.713. The van der Waals surface area contributed by atoms with Gasteiger partial charge in [0.2, 0.25) is 11.9 Å². The van der Waals surface area contributed by atoms with Crippen LogP contribution >= 0.6 is 0 Å². The topological polar surface area (TPSA) is 83.0 Å². The van der Waals surface area contributed by atoms with Crippen molar-refractivity contribution >= 4 is 23.7 Å². The third-order valence-corrected chi connectivity index (χ3v) is 5.51. The van der Waals surface area contributed by atoms with Crippen LogP contribution in [0.4, 0.5) is 16.2 Å². The summed E-state index contributed by atoms with van der Waals surface area (Å²) >= 11 is 0. The first-order valence-electron chi connectivity index (χ1n) is 9.47. The Hall–Kier alpha value is -3.03. The molecule has 2 unspecified atom stereocenters. The lowest BCUT2D eigenvalue weighted by molar-refractivity contribution is -0.116. The molecule has 3 heterocycles. The minimum atomic E-state index is -0.385. The van der Waals surface area contributed by atoms with Crippen molar-refractivity contribution in [1.29, 1.82) is 0 Å². The molecule has 0 radical (unpaired) electrons. The number of carbonyl (C=O) groups is 1. The van der Waals surface area contributed by atoms with Gasteiger partial charge in [-0.05, 0) is 41.9 Å². The van der Waals surface area contributed by atoms with Crippen LogP contribution in [-0.4, -0.2) is 47.5 Å². The summed E-state index contributed by atoms with van der Waals surface area (Å²) in [5.74, 6) is 2.01. The minimum absolute atomic E-state index is 0.0982. The number of fused-ring (bicyclic) bond motifs is 1. The number of halogens is 1. The summed E-state index contributed by atoms with van der Waals surface area (Å²) in [5, 5.41) is 5.78. The van der Waals surface area contributed by atoms with E-state index in [0.717, 1.165) is 25.1 Å². The second-order valence-electron chi connectivity index (χ2n) is 7.21. The molecule has 4 rings (SSSR count). The van der Waals surface area contributed by atoms with Gasteiger partial charge in [-0.2, -0.15) is 4.98 Å². The van der Waals surface area contributed by atoms with Gasteiger partial charge in [0.1, 0.15) is 0 Å². The summed E-state index contributed by atoms with van der Waals surface area (Å²) in [7, 11) is 1.72. The number of rotatable bonds is 7.